The monoisotopic (exact) mass is 338 g/mol. The molecule has 0 unspecified atom stereocenters. The molecule has 0 radical (unpaired) electrons. The second-order valence-electron chi connectivity index (χ2n) is 5.05. The van der Waals surface area contributed by atoms with Crippen molar-refractivity contribution in [2.24, 2.45) is 5.73 Å². The van der Waals surface area contributed by atoms with Crippen molar-refractivity contribution in [3.8, 4) is 6.01 Å². The molecule has 0 bridgehead atoms. The SMILES string of the molecule is CCOC(=O)CN1C(=O)C[N+](c2nc(OC)nc(N(C)C)n2)=C1N. The summed E-state index contributed by atoms with van der Waals surface area (Å²) >= 11 is 0. The summed E-state index contributed by atoms with van der Waals surface area (Å²) in [5.41, 5.74) is 5.99. The maximum absolute atomic E-state index is 12.1. The van der Waals surface area contributed by atoms with Gasteiger partial charge in [-0.05, 0) is 6.92 Å². The van der Waals surface area contributed by atoms with Gasteiger partial charge in [-0.2, -0.15) is 0 Å². The number of nitrogens with two attached hydrogens (primary N) is 1. The first-order chi connectivity index (χ1) is 11.4. The van der Waals surface area contributed by atoms with E-state index in [1.807, 2.05) is 0 Å². The largest absolute Gasteiger partial charge is 0.464 e. The molecule has 11 heteroatoms. The maximum atomic E-state index is 12.1. The molecule has 0 saturated carbocycles. The topological polar surface area (TPSA) is 127 Å². The lowest BCUT2D eigenvalue weighted by molar-refractivity contribution is -0.432. The van der Waals surface area contributed by atoms with Gasteiger partial charge in [0.15, 0.2) is 6.54 Å². The van der Waals surface area contributed by atoms with E-state index in [0.29, 0.717) is 5.95 Å². The average molecular weight is 338 g/mol. The molecule has 0 atom stereocenters. The van der Waals surface area contributed by atoms with Crippen LogP contribution in [0.4, 0.5) is 11.9 Å². The van der Waals surface area contributed by atoms with Crippen molar-refractivity contribution in [1.82, 2.24) is 19.9 Å². The number of guanidine groups is 1. The average Bonchev–Trinajstić information content (AvgIpc) is 2.82. The Morgan fingerprint density at radius 2 is 2.08 bits per heavy atom. The fourth-order valence-corrected chi connectivity index (χ4v) is 2.00. The molecule has 1 aromatic rings. The number of carbonyl (C=O) groups is 2. The van der Waals surface area contributed by atoms with Crippen LogP contribution in [0, 0.1) is 0 Å². The van der Waals surface area contributed by atoms with Crippen molar-refractivity contribution in [3.63, 3.8) is 0 Å². The third-order valence-electron chi connectivity index (χ3n) is 3.16. The van der Waals surface area contributed by atoms with Crippen molar-refractivity contribution in [1.29, 1.82) is 0 Å². The molecule has 0 fully saturated rings. The van der Waals surface area contributed by atoms with E-state index in [9.17, 15) is 9.59 Å². The lowest BCUT2D eigenvalue weighted by Gasteiger charge is -2.11. The number of aromatic nitrogens is 3. The van der Waals surface area contributed by atoms with Crippen molar-refractivity contribution in [3.05, 3.63) is 0 Å². The van der Waals surface area contributed by atoms with Gasteiger partial charge >= 0.3 is 17.9 Å². The minimum atomic E-state index is -0.544. The molecule has 1 amide bonds. The van der Waals surface area contributed by atoms with Crippen LogP contribution in [0.2, 0.25) is 0 Å². The normalized spacial score (nSPS) is 14.2. The Balaban J connectivity index is 2.37. The summed E-state index contributed by atoms with van der Waals surface area (Å²) in [6, 6.07) is 0.0905. The first-order valence-electron chi connectivity index (χ1n) is 7.20. The van der Waals surface area contributed by atoms with E-state index in [4.69, 9.17) is 15.2 Å². The van der Waals surface area contributed by atoms with E-state index in [1.54, 1.807) is 25.9 Å². The number of esters is 1. The highest BCUT2D eigenvalue weighted by Crippen LogP contribution is 2.17. The Morgan fingerprint density at radius 3 is 2.67 bits per heavy atom. The van der Waals surface area contributed by atoms with Crippen LogP contribution in [0.25, 0.3) is 0 Å². The minimum absolute atomic E-state index is 0.0472. The van der Waals surface area contributed by atoms with E-state index in [1.165, 1.54) is 11.7 Å². The molecule has 2 heterocycles. The molecule has 1 aliphatic heterocycles. The van der Waals surface area contributed by atoms with E-state index in [-0.39, 0.29) is 43.5 Å². The number of rotatable bonds is 6. The van der Waals surface area contributed by atoms with Gasteiger partial charge < -0.3 is 20.1 Å². The fraction of sp³-hybridized carbons (Fsp3) is 0.538. The smallest absolute Gasteiger partial charge is 0.370 e. The second-order valence-corrected chi connectivity index (χ2v) is 5.05. The van der Waals surface area contributed by atoms with Gasteiger partial charge in [-0.3, -0.25) is 4.79 Å². The summed E-state index contributed by atoms with van der Waals surface area (Å²) < 4.78 is 11.3. The first-order valence-corrected chi connectivity index (χ1v) is 7.20. The Bertz CT molecular complexity index is 689. The molecule has 0 aliphatic carbocycles. The highest BCUT2D eigenvalue weighted by atomic mass is 16.5. The van der Waals surface area contributed by atoms with Crippen LogP contribution < -0.4 is 15.4 Å². The van der Waals surface area contributed by atoms with Gasteiger partial charge in [0.05, 0.1) is 13.7 Å². The molecule has 2 N–H and O–H groups in total. The van der Waals surface area contributed by atoms with Gasteiger partial charge in [0, 0.05) is 14.1 Å². The molecule has 1 aromatic heterocycles. The van der Waals surface area contributed by atoms with Crippen LogP contribution in [0.3, 0.4) is 0 Å². The zero-order valence-electron chi connectivity index (χ0n) is 14.0. The third-order valence-corrected chi connectivity index (χ3v) is 3.16. The molecule has 0 spiro atoms. The quantitative estimate of drug-likeness (QED) is 0.477. The zero-order valence-corrected chi connectivity index (χ0v) is 14.0. The van der Waals surface area contributed by atoms with Gasteiger partial charge in [-0.1, -0.05) is 9.97 Å². The zero-order chi connectivity index (χ0) is 17.9. The molecule has 0 saturated heterocycles. The maximum Gasteiger partial charge on any atom is 0.370 e. The van der Waals surface area contributed by atoms with Crippen molar-refractivity contribution in [2.75, 3.05) is 45.8 Å². The number of methoxy groups -OCH3 is 1. The van der Waals surface area contributed by atoms with Gasteiger partial charge in [0.25, 0.3) is 17.8 Å². The van der Waals surface area contributed by atoms with Crippen LogP contribution in [-0.4, -0.2) is 83.2 Å². The number of ether oxygens (including phenoxy) is 2. The summed E-state index contributed by atoms with van der Waals surface area (Å²) in [4.78, 5) is 39.0. The van der Waals surface area contributed by atoms with Crippen LogP contribution in [0.5, 0.6) is 6.01 Å². The second kappa shape index (κ2) is 7.06. The summed E-state index contributed by atoms with van der Waals surface area (Å²) in [5.74, 6) is -0.348. The van der Waals surface area contributed by atoms with Crippen LogP contribution in [-0.2, 0) is 14.3 Å². The summed E-state index contributed by atoms with van der Waals surface area (Å²) in [7, 11) is 4.94. The van der Waals surface area contributed by atoms with Crippen LogP contribution in [0.1, 0.15) is 6.92 Å². The number of hydrogen-bond donors (Lipinski definition) is 1. The molecule has 2 rings (SSSR count). The Hall–Kier alpha value is -2.98. The molecular formula is C13H20N7O4+. The molecule has 1 aliphatic rings. The highest BCUT2D eigenvalue weighted by Gasteiger charge is 2.37. The Kier molecular flexibility index (Phi) is 5.11. The van der Waals surface area contributed by atoms with Gasteiger partial charge in [0.2, 0.25) is 0 Å². The first kappa shape index (κ1) is 17.4. The van der Waals surface area contributed by atoms with E-state index in [0.717, 1.165) is 4.90 Å². The number of hydrogen-bond acceptors (Lipinski definition) is 9. The van der Waals surface area contributed by atoms with Crippen LogP contribution in [0.15, 0.2) is 0 Å². The number of amides is 1. The van der Waals surface area contributed by atoms with Crippen molar-refractivity contribution < 1.29 is 23.6 Å². The third kappa shape index (κ3) is 3.50. The van der Waals surface area contributed by atoms with Crippen molar-refractivity contribution in [2.45, 2.75) is 6.92 Å². The van der Waals surface area contributed by atoms with Gasteiger partial charge in [0.1, 0.15) is 6.54 Å². The summed E-state index contributed by atoms with van der Waals surface area (Å²) in [6.07, 6.45) is 0. The van der Waals surface area contributed by atoms with E-state index >= 15 is 0 Å². The standard InChI is InChI=1S/C13H19N7O4/c1-5-24-9(22)7-19-8(21)6-20(10(19)14)12-15-11(18(2)3)16-13(17-12)23-4/h14H,5-7H2,1-4H3/p+1. The fourth-order valence-electron chi connectivity index (χ4n) is 2.00. The molecular weight excluding hydrogens is 318 g/mol. The number of nitrogens with zero attached hydrogens (tertiary/aromatic N) is 6. The number of anilines is 1. The Labute approximate surface area is 138 Å². The molecule has 24 heavy (non-hydrogen) atoms. The van der Waals surface area contributed by atoms with E-state index < -0.39 is 5.97 Å². The number of carbonyl (C=O) groups excluding carboxylic acids is 2. The highest BCUT2D eigenvalue weighted by molar-refractivity contribution is 6.00. The lowest BCUT2D eigenvalue weighted by Crippen LogP contribution is -2.42. The predicted molar refractivity (Wildman–Crippen MR) is 83.0 cm³/mol. The predicted octanol–water partition coefficient (Wildman–Crippen LogP) is -1.69. The lowest BCUT2D eigenvalue weighted by atomic mass is 10.5. The summed E-state index contributed by atoms with van der Waals surface area (Å²) in [5, 5.41) is 0. The minimum Gasteiger partial charge on any atom is -0.464 e. The van der Waals surface area contributed by atoms with Crippen LogP contribution >= 0.6 is 0 Å². The molecule has 11 nitrogen and oxygen atoms in total. The van der Waals surface area contributed by atoms with E-state index in [2.05, 4.69) is 15.0 Å². The summed E-state index contributed by atoms with van der Waals surface area (Å²) in [6.45, 7) is 1.55. The molecule has 130 valence electrons. The molecule has 0 aromatic carbocycles. The van der Waals surface area contributed by atoms with Gasteiger partial charge in [-0.25, -0.2) is 14.3 Å². The van der Waals surface area contributed by atoms with Gasteiger partial charge in [-0.15, -0.1) is 4.98 Å². The van der Waals surface area contributed by atoms with Crippen molar-refractivity contribution >= 4 is 29.7 Å². The Morgan fingerprint density at radius 1 is 1.38 bits per heavy atom.